The topological polar surface area (TPSA) is 146 Å². The summed E-state index contributed by atoms with van der Waals surface area (Å²) in [5.41, 5.74) is 32.2. The predicted octanol–water partition coefficient (Wildman–Crippen LogP) is 5.80. The Kier molecular flexibility index (Phi) is 8.02. The number of benzene rings is 1. The van der Waals surface area contributed by atoms with Gasteiger partial charge >= 0.3 is 0 Å². The summed E-state index contributed by atoms with van der Waals surface area (Å²) in [7, 11) is 0. The fraction of sp³-hybridized carbons (Fsp3) is 0.600. The van der Waals surface area contributed by atoms with Crippen LogP contribution >= 0.6 is 0 Å². The van der Waals surface area contributed by atoms with Gasteiger partial charge in [-0.15, -0.1) is 0 Å². The molecule has 0 amide bonds. The zero-order valence-corrected chi connectivity index (χ0v) is 14.3. The molecular formula is C15H21N9. The normalized spacial score (nSPS) is 9.62. The lowest BCUT2D eigenvalue weighted by Gasteiger charge is -2.24. The molecule has 0 aliphatic rings. The minimum absolute atomic E-state index is 0.235. The lowest BCUT2D eigenvalue weighted by molar-refractivity contribution is 0.846. The van der Waals surface area contributed by atoms with Crippen molar-refractivity contribution in [3.8, 4) is 0 Å². The molecule has 1 aromatic carbocycles. The first-order valence-electron chi connectivity index (χ1n) is 7.89. The van der Waals surface area contributed by atoms with Gasteiger partial charge in [0, 0.05) is 14.7 Å². The van der Waals surface area contributed by atoms with Crippen molar-refractivity contribution in [3.63, 3.8) is 0 Å². The van der Waals surface area contributed by atoms with E-state index < -0.39 is 0 Å². The van der Waals surface area contributed by atoms with Gasteiger partial charge in [-0.25, -0.2) is 0 Å². The molecule has 0 spiro atoms. The molecule has 0 bridgehead atoms. The number of rotatable bonds is 9. The lowest BCUT2D eigenvalue weighted by Crippen LogP contribution is -2.12. The van der Waals surface area contributed by atoms with Gasteiger partial charge in [-0.1, -0.05) is 36.1 Å². The van der Waals surface area contributed by atoms with Crippen LogP contribution in [0.25, 0.3) is 31.3 Å². The van der Waals surface area contributed by atoms with E-state index in [1.165, 1.54) is 0 Å². The van der Waals surface area contributed by atoms with Gasteiger partial charge in [0.25, 0.3) is 0 Å². The van der Waals surface area contributed by atoms with Crippen LogP contribution < -0.4 is 0 Å². The summed E-state index contributed by atoms with van der Waals surface area (Å²) in [5.74, 6) is 0. The largest absolute Gasteiger partial charge is 0.0893 e. The van der Waals surface area contributed by atoms with Crippen molar-refractivity contribution in [2.45, 2.75) is 59.7 Å². The Labute approximate surface area is 140 Å². The monoisotopic (exact) mass is 327 g/mol. The van der Waals surface area contributed by atoms with E-state index >= 15 is 0 Å². The minimum atomic E-state index is 0.235. The summed E-state index contributed by atoms with van der Waals surface area (Å²) in [5, 5.41) is 11.2. The molecule has 1 rings (SSSR count). The first-order chi connectivity index (χ1) is 11.7. The molecular weight excluding hydrogens is 306 g/mol. The van der Waals surface area contributed by atoms with Gasteiger partial charge in [-0.05, 0) is 69.2 Å². The van der Waals surface area contributed by atoms with Crippen molar-refractivity contribution in [1.29, 1.82) is 0 Å². The highest BCUT2D eigenvalue weighted by atomic mass is 15.1. The van der Waals surface area contributed by atoms with Crippen LogP contribution in [0.5, 0.6) is 0 Å². The summed E-state index contributed by atoms with van der Waals surface area (Å²) in [4.78, 5) is 8.61. The average molecular weight is 327 g/mol. The van der Waals surface area contributed by atoms with Gasteiger partial charge in [-0.3, -0.25) is 0 Å². The molecule has 1 aromatic rings. The van der Waals surface area contributed by atoms with E-state index in [9.17, 15) is 0 Å². The fourth-order valence-corrected chi connectivity index (χ4v) is 3.25. The van der Waals surface area contributed by atoms with Crippen LogP contribution in [-0.4, -0.2) is 0 Å². The zero-order chi connectivity index (χ0) is 17.9. The van der Waals surface area contributed by atoms with Crippen molar-refractivity contribution in [1.82, 2.24) is 0 Å². The molecule has 0 heterocycles. The standard InChI is InChI=1S/C15H21N9/c1-4-10-13(7-19-22-16)11(5-2)15(9-21-24-18)12(6-3)14(10)8-20-23-17/h4-9H2,1-3H3. The Bertz CT molecular complexity index is 613. The van der Waals surface area contributed by atoms with Gasteiger partial charge < -0.3 is 0 Å². The number of azide groups is 3. The Morgan fingerprint density at radius 2 is 0.792 bits per heavy atom. The van der Waals surface area contributed by atoms with Crippen molar-refractivity contribution in [2.75, 3.05) is 0 Å². The second-order valence-corrected chi connectivity index (χ2v) is 5.10. The zero-order valence-electron chi connectivity index (χ0n) is 14.3. The van der Waals surface area contributed by atoms with Crippen LogP contribution in [0.1, 0.15) is 54.2 Å². The van der Waals surface area contributed by atoms with Crippen LogP contribution in [0.15, 0.2) is 15.3 Å². The van der Waals surface area contributed by atoms with Crippen molar-refractivity contribution in [3.05, 3.63) is 64.7 Å². The van der Waals surface area contributed by atoms with Crippen LogP contribution in [0.4, 0.5) is 0 Å². The molecule has 126 valence electrons. The molecule has 0 atom stereocenters. The summed E-state index contributed by atoms with van der Waals surface area (Å²) in [6, 6.07) is 0. The van der Waals surface area contributed by atoms with Gasteiger partial charge in [0.05, 0.1) is 19.6 Å². The lowest BCUT2D eigenvalue weighted by atomic mass is 9.83. The Morgan fingerprint density at radius 1 is 0.542 bits per heavy atom. The SMILES string of the molecule is CCc1c(CN=[N+]=[N-])c(CC)c(CN=[N+]=[N-])c(CC)c1CN=[N+]=[N-]. The molecule has 0 fully saturated rings. The Morgan fingerprint density at radius 3 is 0.958 bits per heavy atom. The Balaban J connectivity index is 3.86. The van der Waals surface area contributed by atoms with Crippen molar-refractivity contribution < 1.29 is 0 Å². The smallest absolute Gasteiger partial charge is 0.0516 e. The van der Waals surface area contributed by atoms with E-state index in [0.29, 0.717) is 0 Å². The van der Waals surface area contributed by atoms with Crippen LogP contribution in [0, 0.1) is 0 Å². The highest BCUT2D eigenvalue weighted by molar-refractivity contribution is 5.52. The molecule has 0 saturated heterocycles. The highest BCUT2D eigenvalue weighted by Crippen LogP contribution is 2.32. The van der Waals surface area contributed by atoms with Gasteiger partial charge in [0.1, 0.15) is 0 Å². The molecule has 0 radical (unpaired) electrons. The first kappa shape index (κ1) is 19.2. The molecule has 9 nitrogen and oxygen atoms in total. The van der Waals surface area contributed by atoms with E-state index in [1.54, 1.807) is 0 Å². The van der Waals surface area contributed by atoms with Crippen molar-refractivity contribution in [2.24, 2.45) is 15.3 Å². The van der Waals surface area contributed by atoms with Crippen LogP contribution in [-0.2, 0) is 38.9 Å². The summed E-state index contributed by atoms with van der Waals surface area (Å²) in [6.45, 7) is 6.79. The molecule has 0 unspecified atom stereocenters. The second-order valence-electron chi connectivity index (χ2n) is 5.10. The highest BCUT2D eigenvalue weighted by Gasteiger charge is 2.20. The molecule has 0 aliphatic heterocycles. The number of hydrogen-bond donors (Lipinski definition) is 0. The minimum Gasteiger partial charge on any atom is -0.0893 e. The third-order valence-corrected chi connectivity index (χ3v) is 4.12. The summed E-state index contributed by atoms with van der Waals surface area (Å²) >= 11 is 0. The summed E-state index contributed by atoms with van der Waals surface area (Å²) < 4.78 is 0. The van der Waals surface area contributed by atoms with Gasteiger partial charge in [0.15, 0.2) is 0 Å². The third-order valence-electron chi connectivity index (χ3n) is 4.12. The van der Waals surface area contributed by atoms with Crippen molar-refractivity contribution >= 4 is 0 Å². The number of hydrogen-bond acceptors (Lipinski definition) is 3. The van der Waals surface area contributed by atoms with Gasteiger partial charge in [0.2, 0.25) is 0 Å². The van der Waals surface area contributed by atoms with E-state index in [-0.39, 0.29) is 19.6 Å². The molecule has 0 saturated carbocycles. The molecule has 24 heavy (non-hydrogen) atoms. The maximum atomic E-state index is 8.70. The average Bonchev–Trinajstić information content (AvgIpc) is 2.61. The molecule has 9 heteroatoms. The maximum Gasteiger partial charge on any atom is 0.0516 e. The van der Waals surface area contributed by atoms with Crippen LogP contribution in [0.3, 0.4) is 0 Å². The third kappa shape index (κ3) is 4.12. The Hall–Kier alpha value is -2.85. The van der Waals surface area contributed by atoms with E-state index in [0.717, 1.165) is 52.6 Å². The van der Waals surface area contributed by atoms with E-state index in [4.69, 9.17) is 16.6 Å². The molecule has 0 aliphatic carbocycles. The molecule has 0 N–H and O–H groups in total. The molecule has 0 aromatic heterocycles. The number of nitrogens with zero attached hydrogens (tertiary/aromatic N) is 9. The van der Waals surface area contributed by atoms with Crippen LogP contribution in [0.2, 0.25) is 0 Å². The summed E-state index contributed by atoms with van der Waals surface area (Å²) in [6.07, 6.45) is 2.23. The second kappa shape index (κ2) is 10.0. The fourth-order valence-electron chi connectivity index (χ4n) is 3.25. The van der Waals surface area contributed by atoms with E-state index in [2.05, 4.69) is 30.1 Å². The maximum absolute atomic E-state index is 8.70. The van der Waals surface area contributed by atoms with Gasteiger partial charge in [-0.2, -0.15) is 0 Å². The predicted molar refractivity (Wildman–Crippen MR) is 93.1 cm³/mol. The van der Waals surface area contributed by atoms with E-state index in [1.807, 2.05) is 20.8 Å². The quantitative estimate of drug-likeness (QED) is 0.306. The first-order valence-corrected chi connectivity index (χ1v) is 7.89.